The summed E-state index contributed by atoms with van der Waals surface area (Å²) in [6, 6.07) is 15.4. The van der Waals surface area contributed by atoms with Crippen LogP contribution in [0.25, 0.3) is 16.0 Å². The van der Waals surface area contributed by atoms with Gasteiger partial charge in [-0.05, 0) is 79.9 Å². The van der Waals surface area contributed by atoms with Crippen LogP contribution in [0.4, 0.5) is 5.13 Å². The Morgan fingerprint density at radius 2 is 1.98 bits per heavy atom. The topological polar surface area (TPSA) is 98.2 Å². The van der Waals surface area contributed by atoms with Crippen LogP contribution in [0.1, 0.15) is 42.1 Å². The number of ketones is 1. The van der Waals surface area contributed by atoms with Crippen LogP contribution in [0.5, 0.6) is 17.2 Å². The van der Waals surface area contributed by atoms with Crippen LogP contribution in [0.3, 0.4) is 0 Å². The van der Waals surface area contributed by atoms with Gasteiger partial charge in [0.25, 0.3) is 5.78 Å². The number of aromatic nitrogens is 1. The zero-order valence-electron chi connectivity index (χ0n) is 23.5. The Morgan fingerprint density at radius 1 is 1.14 bits per heavy atom. The molecular formula is C33H30N2O6S. The molecule has 3 aromatic carbocycles. The van der Waals surface area contributed by atoms with Crippen LogP contribution in [0, 0.1) is 6.92 Å². The minimum atomic E-state index is -0.956. The van der Waals surface area contributed by atoms with Crippen molar-refractivity contribution in [2.45, 2.75) is 39.3 Å². The maximum absolute atomic E-state index is 13.7. The number of Topliss-reactive ketones (excluding diaryl/α,β-unsaturated/α-hetero) is 1. The van der Waals surface area contributed by atoms with E-state index in [9.17, 15) is 14.7 Å². The van der Waals surface area contributed by atoms with Crippen molar-refractivity contribution >= 4 is 44.1 Å². The van der Waals surface area contributed by atoms with E-state index in [4.69, 9.17) is 19.2 Å². The lowest BCUT2D eigenvalue weighted by molar-refractivity contribution is -0.132. The second kappa shape index (κ2) is 11.0. The first-order chi connectivity index (χ1) is 20.3. The number of aryl methyl sites for hydroxylation is 1. The Balaban J connectivity index is 1.54. The van der Waals surface area contributed by atoms with Crippen LogP contribution in [0.15, 0.2) is 72.8 Å². The zero-order chi connectivity index (χ0) is 29.5. The lowest BCUT2D eigenvalue weighted by Gasteiger charge is -2.24. The predicted octanol–water partition coefficient (Wildman–Crippen LogP) is 6.52. The number of hydrogen-bond donors (Lipinski definition) is 1. The molecule has 1 N–H and O–H groups in total. The van der Waals surface area contributed by atoms with E-state index < -0.39 is 17.7 Å². The van der Waals surface area contributed by atoms with Gasteiger partial charge in [0.05, 0.1) is 28.4 Å². The molecule has 2 aliphatic rings. The Kier molecular flexibility index (Phi) is 7.20. The molecule has 0 aliphatic carbocycles. The first kappa shape index (κ1) is 27.5. The molecule has 2 aliphatic heterocycles. The summed E-state index contributed by atoms with van der Waals surface area (Å²) in [5.41, 5.74) is 3.69. The molecule has 0 bridgehead atoms. The molecule has 0 radical (unpaired) electrons. The molecule has 42 heavy (non-hydrogen) atoms. The predicted molar refractivity (Wildman–Crippen MR) is 163 cm³/mol. The highest BCUT2D eigenvalue weighted by molar-refractivity contribution is 7.22. The van der Waals surface area contributed by atoms with E-state index in [1.54, 1.807) is 36.4 Å². The largest absolute Gasteiger partial charge is 0.507 e. The average molecular weight is 583 g/mol. The van der Waals surface area contributed by atoms with E-state index in [0.29, 0.717) is 40.8 Å². The van der Waals surface area contributed by atoms with Gasteiger partial charge in [-0.25, -0.2) is 4.98 Å². The summed E-state index contributed by atoms with van der Waals surface area (Å²) in [6.45, 7) is 10.2. The molecule has 1 amide bonds. The summed E-state index contributed by atoms with van der Waals surface area (Å²) in [7, 11) is 0. The molecule has 1 saturated heterocycles. The fraction of sp³-hybridized carbons (Fsp3) is 0.242. The lowest BCUT2D eigenvalue weighted by atomic mass is 9.94. The minimum absolute atomic E-state index is 0.0180. The number of hydrogen-bond acceptors (Lipinski definition) is 8. The monoisotopic (exact) mass is 582 g/mol. The van der Waals surface area contributed by atoms with E-state index in [2.05, 4.69) is 6.58 Å². The van der Waals surface area contributed by atoms with Gasteiger partial charge in [-0.1, -0.05) is 36.1 Å². The van der Waals surface area contributed by atoms with Crippen molar-refractivity contribution < 1.29 is 28.9 Å². The first-order valence-electron chi connectivity index (χ1n) is 13.8. The molecule has 0 saturated carbocycles. The zero-order valence-corrected chi connectivity index (χ0v) is 24.4. The minimum Gasteiger partial charge on any atom is -0.507 e. The van der Waals surface area contributed by atoms with Gasteiger partial charge in [-0.2, -0.15) is 0 Å². The van der Waals surface area contributed by atoms with Crippen molar-refractivity contribution in [1.82, 2.24) is 4.98 Å². The molecule has 3 heterocycles. The third kappa shape index (κ3) is 4.79. The van der Waals surface area contributed by atoms with Gasteiger partial charge in [0.1, 0.15) is 24.2 Å². The van der Waals surface area contributed by atoms with E-state index in [1.807, 2.05) is 45.0 Å². The molecule has 4 aromatic rings. The van der Waals surface area contributed by atoms with Crippen molar-refractivity contribution in [2.75, 3.05) is 18.1 Å². The van der Waals surface area contributed by atoms with E-state index in [-0.39, 0.29) is 24.0 Å². The number of thiazole rings is 1. The third-order valence-corrected chi connectivity index (χ3v) is 8.31. The Morgan fingerprint density at radius 3 is 2.76 bits per heavy atom. The number of aliphatic hydroxyl groups excluding tert-OH is 1. The van der Waals surface area contributed by atoms with Crippen LogP contribution in [-0.4, -0.2) is 41.1 Å². The van der Waals surface area contributed by atoms with Gasteiger partial charge in [0.2, 0.25) is 0 Å². The van der Waals surface area contributed by atoms with E-state index in [0.717, 1.165) is 27.1 Å². The molecule has 0 unspecified atom stereocenters. The maximum Gasteiger partial charge on any atom is 0.301 e. The second-order valence-corrected chi connectivity index (χ2v) is 11.3. The fourth-order valence-electron chi connectivity index (χ4n) is 5.42. The fourth-order valence-corrected chi connectivity index (χ4v) is 6.51. The SMILES string of the molecule is C=CCOc1ccc([C@H]2/C(=C(\O)c3ccc4c(c3)C[C@@H](C)O4)C(=O)C(=O)N2c2nc3ccc(C)cc3s2)cc1OCC. The standard InChI is InChI=1S/C33H30N2O6S/c1-5-13-40-25-12-8-20(17-26(25)39-6-2)29-28(30(36)21-9-11-24-22(16-21)15-19(4)41-24)31(37)32(38)35(29)33-34-23-10-7-18(3)14-27(23)42-33/h5,7-12,14,16-17,19,29,36H,1,6,13,15H2,2-4H3/b30-28+/t19-,29+/m1/s1. The van der Waals surface area contributed by atoms with Crippen molar-refractivity contribution in [3.8, 4) is 17.2 Å². The molecule has 6 rings (SSSR count). The number of amides is 1. The molecule has 2 atom stereocenters. The van der Waals surface area contributed by atoms with Crippen molar-refractivity contribution in [3.63, 3.8) is 0 Å². The number of ether oxygens (including phenoxy) is 3. The van der Waals surface area contributed by atoms with Gasteiger partial charge in [0, 0.05) is 12.0 Å². The molecular weight excluding hydrogens is 552 g/mol. The smallest absolute Gasteiger partial charge is 0.301 e. The molecule has 1 fully saturated rings. The van der Waals surface area contributed by atoms with Crippen LogP contribution in [0.2, 0.25) is 0 Å². The van der Waals surface area contributed by atoms with Crippen LogP contribution < -0.4 is 19.1 Å². The lowest BCUT2D eigenvalue weighted by Crippen LogP contribution is -2.29. The number of anilines is 1. The number of benzene rings is 3. The summed E-state index contributed by atoms with van der Waals surface area (Å²) in [5.74, 6) is -0.113. The number of carbonyl (C=O) groups is 2. The van der Waals surface area contributed by atoms with Crippen LogP contribution >= 0.6 is 11.3 Å². The molecule has 8 nitrogen and oxygen atoms in total. The number of carbonyl (C=O) groups excluding carboxylic acids is 2. The van der Waals surface area contributed by atoms with Crippen LogP contribution in [-0.2, 0) is 16.0 Å². The number of nitrogens with zero attached hydrogens (tertiary/aromatic N) is 2. The number of aliphatic hydroxyl groups is 1. The first-order valence-corrected chi connectivity index (χ1v) is 14.6. The number of fused-ring (bicyclic) bond motifs is 2. The molecule has 1 aromatic heterocycles. The van der Waals surface area contributed by atoms with Crippen molar-refractivity contribution in [3.05, 3.63) is 95.1 Å². The third-order valence-electron chi connectivity index (χ3n) is 7.29. The van der Waals surface area contributed by atoms with E-state index in [1.165, 1.54) is 16.2 Å². The van der Waals surface area contributed by atoms with Gasteiger partial charge >= 0.3 is 5.91 Å². The van der Waals surface area contributed by atoms with Gasteiger partial charge in [-0.3, -0.25) is 14.5 Å². The average Bonchev–Trinajstić information content (AvgIpc) is 3.63. The van der Waals surface area contributed by atoms with Gasteiger partial charge in [-0.15, -0.1) is 0 Å². The second-order valence-electron chi connectivity index (χ2n) is 10.3. The normalized spacial score (nSPS) is 19.2. The molecule has 0 spiro atoms. The summed E-state index contributed by atoms with van der Waals surface area (Å²) in [6.07, 6.45) is 2.34. The summed E-state index contributed by atoms with van der Waals surface area (Å²) >= 11 is 1.32. The Hall–Kier alpha value is -4.63. The molecule has 214 valence electrons. The van der Waals surface area contributed by atoms with E-state index >= 15 is 0 Å². The van der Waals surface area contributed by atoms with Crippen molar-refractivity contribution in [1.29, 1.82) is 0 Å². The van der Waals surface area contributed by atoms with Crippen molar-refractivity contribution in [2.24, 2.45) is 0 Å². The van der Waals surface area contributed by atoms with Gasteiger partial charge < -0.3 is 19.3 Å². The summed E-state index contributed by atoms with van der Waals surface area (Å²) in [4.78, 5) is 33.6. The maximum atomic E-state index is 13.7. The summed E-state index contributed by atoms with van der Waals surface area (Å²) in [5, 5.41) is 12.0. The highest BCUT2D eigenvalue weighted by atomic mass is 32.1. The highest BCUT2D eigenvalue weighted by Crippen LogP contribution is 2.46. The molecule has 9 heteroatoms. The summed E-state index contributed by atoms with van der Waals surface area (Å²) < 4.78 is 18.4. The van der Waals surface area contributed by atoms with Gasteiger partial charge in [0.15, 0.2) is 16.6 Å². The highest BCUT2D eigenvalue weighted by Gasteiger charge is 2.48. The Bertz CT molecular complexity index is 1770. The number of rotatable bonds is 8. The quantitative estimate of drug-likeness (QED) is 0.109. The Labute approximate surface area is 247 Å².